The average Bonchev–Trinajstić information content (AvgIpc) is 2.85. The molecule has 2 aromatic carbocycles. The van der Waals surface area contributed by atoms with Gasteiger partial charge in [0.15, 0.2) is 0 Å². The van der Waals surface area contributed by atoms with E-state index < -0.39 is 10.0 Å². The van der Waals surface area contributed by atoms with E-state index >= 15 is 0 Å². The van der Waals surface area contributed by atoms with Gasteiger partial charge < -0.3 is 0 Å². The molecule has 0 atom stereocenters. The SMILES string of the molecule is Cc1ccc(NS(=O)(=O)c2c(C)nn(-c3ccccc3)c2C)cc1. The lowest BCUT2D eigenvalue weighted by molar-refractivity contribution is 0.600. The molecule has 0 aliphatic heterocycles. The smallest absolute Gasteiger partial charge is 0.265 e. The molecule has 0 aliphatic carbocycles. The number of hydrogen-bond acceptors (Lipinski definition) is 3. The summed E-state index contributed by atoms with van der Waals surface area (Å²) < 4.78 is 29.9. The predicted molar refractivity (Wildman–Crippen MR) is 95.0 cm³/mol. The third-order valence-electron chi connectivity index (χ3n) is 3.80. The lowest BCUT2D eigenvalue weighted by atomic mass is 10.2. The van der Waals surface area contributed by atoms with E-state index in [4.69, 9.17) is 0 Å². The highest BCUT2D eigenvalue weighted by Gasteiger charge is 2.25. The first-order chi connectivity index (χ1) is 11.4. The Morgan fingerprint density at radius 3 is 2.17 bits per heavy atom. The van der Waals surface area contributed by atoms with Crippen LogP contribution in [0.25, 0.3) is 5.69 Å². The molecule has 1 heterocycles. The van der Waals surface area contributed by atoms with E-state index in [1.165, 1.54) is 0 Å². The minimum absolute atomic E-state index is 0.215. The van der Waals surface area contributed by atoms with Gasteiger partial charge in [0.1, 0.15) is 4.90 Å². The number of aromatic nitrogens is 2. The molecule has 0 saturated carbocycles. The number of anilines is 1. The van der Waals surface area contributed by atoms with E-state index in [1.54, 1.807) is 30.7 Å². The van der Waals surface area contributed by atoms with Crippen molar-refractivity contribution in [3.8, 4) is 5.69 Å². The summed E-state index contributed by atoms with van der Waals surface area (Å²) in [5.41, 5.74) is 3.48. The molecule has 0 aliphatic rings. The van der Waals surface area contributed by atoms with Gasteiger partial charge in [0.2, 0.25) is 0 Å². The van der Waals surface area contributed by atoms with Crippen molar-refractivity contribution in [1.82, 2.24) is 9.78 Å². The molecule has 1 aromatic heterocycles. The van der Waals surface area contributed by atoms with Crippen LogP contribution in [0.1, 0.15) is 17.0 Å². The molecule has 3 rings (SSSR count). The number of benzene rings is 2. The van der Waals surface area contributed by atoms with Crippen LogP contribution in [0.4, 0.5) is 5.69 Å². The van der Waals surface area contributed by atoms with Crippen LogP contribution in [0.15, 0.2) is 59.5 Å². The third-order valence-corrected chi connectivity index (χ3v) is 5.43. The molecule has 0 bridgehead atoms. The number of hydrogen-bond donors (Lipinski definition) is 1. The normalized spacial score (nSPS) is 11.5. The molecule has 0 saturated heterocycles. The first-order valence-corrected chi connectivity index (χ1v) is 9.08. The van der Waals surface area contributed by atoms with Crippen LogP contribution in [0.5, 0.6) is 0 Å². The van der Waals surface area contributed by atoms with Crippen LogP contribution in [0.2, 0.25) is 0 Å². The van der Waals surface area contributed by atoms with E-state index in [2.05, 4.69) is 9.82 Å². The molecule has 0 amide bonds. The van der Waals surface area contributed by atoms with Gasteiger partial charge in [-0.1, -0.05) is 35.9 Å². The molecular weight excluding hydrogens is 322 g/mol. The lowest BCUT2D eigenvalue weighted by Gasteiger charge is -2.09. The Balaban J connectivity index is 2.02. The number of nitrogens with one attached hydrogen (secondary N) is 1. The molecule has 0 spiro atoms. The molecule has 124 valence electrons. The van der Waals surface area contributed by atoms with Gasteiger partial charge in [0.25, 0.3) is 10.0 Å². The minimum atomic E-state index is -3.71. The summed E-state index contributed by atoms with van der Waals surface area (Å²) in [6, 6.07) is 16.7. The van der Waals surface area contributed by atoms with Crippen LogP contribution in [-0.2, 0) is 10.0 Å². The Morgan fingerprint density at radius 1 is 0.917 bits per heavy atom. The largest absolute Gasteiger partial charge is 0.280 e. The van der Waals surface area contributed by atoms with Gasteiger partial charge in [-0.05, 0) is 45.0 Å². The Labute approximate surface area is 142 Å². The fourth-order valence-electron chi connectivity index (χ4n) is 2.67. The van der Waals surface area contributed by atoms with Crippen LogP contribution >= 0.6 is 0 Å². The maximum absolute atomic E-state index is 12.8. The number of rotatable bonds is 4. The zero-order valence-corrected chi connectivity index (χ0v) is 14.6. The van der Waals surface area contributed by atoms with Crippen molar-refractivity contribution in [3.05, 3.63) is 71.5 Å². The topological polar surface area (TPSA) is 64.0 Å². The van der Waals surface area contributed by atoms with Crippen LogP contribution in [0.3, 0.4) is 0 Å². The van der Waals surface area contributed by atoms with Gasteiger partial charge in [-0.2, -0.15) is 5.10 Å². The fraction of sp³-hybridized carbons (Fsp3) is 0.167. The summed E-state index contributed by atoms with van der Waals surface area (Å²) in [7, 11) is -3.71. The number of para-hydroxylation sites is 1. The molecule has 5 nitrogen and oxygen atoms in total. The number of sulfonamides is 1. The fourth-order valence-corrected chi connectivity index (χ4v) is 4.12. The number of nitrogens with zero attached hydrogens (tertiary/aromatic N) is 2. The highest BCUT2D eigenvalue weighted by Crippen LogP contribution is 2.24. The summed E-state index contributed by atoms with van der Waals surface area (Å²) in [5.74, 6) is 0. The second kappa shape index (κ2) is 6.13. The average molecular weight is 341 g/mol. The predicted octanol–water partition coefficient (Wildman–Crippen LogP) is 3.60. The van der Waals surface area contributed by atoms with Gasteiger partial charge in [0.05, 0.1) is 17.1 Å². The van der Waals surface area contributed by atoms with Crippen LogP contribution in [0, 0.1) is 20.8 Å². The van der Waals surface area contributed by atoms with Crippen molar-refractivity contribution >= 4 is 15.7 Å². The van der Waals surface area contributed by atoms with E-state index in [0.29, 0.717) is 17.1 Å². The highest BCUT2D eigenvalue weighted by molar-refractivity contribution is 7.92. The molecular formula is C18H19N3O2S. The lowest BCUT2D eigenvalue weighted by Crippen LogP contribution is -2.15. The zero-order valence-electron chi connectivity index (χ0n) is 13.8. The molecule has 0 radical (unpaired) electrons. The van der Waals surface area contributed by atoms with Gasteiger partial charge in [0, 0.05) is 5.69 Å². The standard InChI is InChI=1S/C18H19N3O2S/c1-13-9-11-16(12-10-13)20-24(22,23)18-14(2)19-21(15(18)3)17-7-5-4-6-8-17/h4-12,20H,1-3H3. The summed E-state index contributed by atoms with van der Waals surface area (Å²) in [4.78, 5) is 0.215. The van der Waals surface area contributed by atoms with E-state index in [1.807, 2.05) is 49.4 Å². The Kier molecular flexibility index (Phi) is 4.15. The quantitative estimate of drug-likeness (QED) is 0.788. The summed E-state index contributed by atoms with van der Waals surface area (Å²) >= 11 is 0. The molecule has 0 fully saturated rings. The number of aryl methyl sites for hydroxylation is 2. The van der Waals surface area contributed by atoms with Gasteiger partial charge in [-0.15, -0.1) is 0 Å². The Morgan fingerprint density at radius 2 is 1.54 bits per heavy atom. The second-order valence-electron chi connectivity index (χ2n) is 5.72. The maximum atomic E-state index is 12.8. The first-order valence-electron chi connectivity index (χ1n) is 7.59. The summed E-state index contributed by atoms with van der Waals surface area (Å²) in [6.45, 7) is 5.42. The van der Waals surface area contributed by atoms with Crippen molar-refractivity contribution in [1.29, 1.82) is 0 Å². The van der Waals surface area contributed by atoms with Crippen molar-refractivity contribution < 1.29 is 8.42 Å². The monoisotopic (exact) mass is 341 g/mol. The van der Waals surface area contributed by atoms with Crippen LogP contribution in [-0.4, -0.2) is 18.2 Å². The van der Waals surface area contributed by atoms with Gasteiger partial charge >= 0.3 is 0 Å². The van der Waals surface area contributed by atoms with Crippen molar-refractivity contribution in [3.63, 3.8) is 0 Å². The Bertz CT molecular complexity index is 960. The second-order valence-corrected chi connectivity index (χ2v) is 7.34. The third kappa shape index (κ3) is 3.05. The van der Waals surface area contributed by atoms with E-state index in [9.17, 15) is 8.42 Å². The van der Waals surface area contributed by atoms with Gasteiger partial charge in [-0.25, -0.2) is 13.1 Å². The van der Waals surface area contributed by atoms with Gasteiger partial charge in [-0.3, -0.25) is 4.72 Å². The summed E-state index contributed by atoms with van der Waals surface area (Å²) in [5, 5.41) is 4.40. The van der Waals surface area contributed by atoms with Crippen molar-refractivity contribution in [2.75, 3.05) is 4.72 Å². The minimum Gasteiger partial charge on any atom is -0.280 e. The molecule has 3 aromatic rings. The van der Waals surface area contributed by atoms with Crippen molar-refractivity contribution in [2.45, 2.75) is 25.7 Å². The summed E-state index contributed by atoms with van der Waals surface area (Å²) in [6.07, 6.45) is 0. The van der Waals surface area contributed by atoms with E-state index in [0.717, 1.165) is 11.3 Å². The zero-order chi connectivity index (χ0) is 17.3. The molecule has 6 heteroatoms. The van der Waals surface area contributed by atoms with E-state index in [-0.39, 0.29) is 4.90 Å². The molecule has 1 N–H and O–H groups in total. The maximum Gasteiger partial charge on any atom is 0.265 e. The Hall–Kier alpha value is -2.60. The first kappa shape index (κ1) is 16.3. The molecule has 0 unspecified atom stereocenters. The van der Waals surface area contributed by atoms with Crippen LogP contribution < -0.4 is 4.72 Å². The highest BCUT2D eigenvalue weighted by atomic mass is 32.2. The van der Waals surface area contributed by atoms with Crippen molar-refractivity contribution in [2.24, 2.45) is 0 Å². The molecule has 24 heavy (non-hydrogen) atoms.